The Labute approximate surface area is 153 Å². The van der Waals surface area contributed by atoms with Gasteiger partial charge in [-0.05, 0) is 61.2 Å². The lowest BCUT2D eigenvalue weighted by molar-refractivity contribution is 0.601. The molecule has 0 saturated heterocycles. The van der Waals surface area contributed by atoms with E-state index in [2.05, 4.69) is 4.72 Å². The lowest BCUT2D eigenvalue weighted by atomic mass is 10.1. The van der Waals surface area contributed by atoms with Crippen LogP contribution in [-0.2, 0) is 16.4 Å². The van der Waals surface area contributed by atoms with E-state index in [0.717, 1.165) is 25.0 Å². The Balaban J connectivity index is 2.27. The van der Waals surface area contributed by atoms with Gasteiger partial charge >= 0.3 is 0 Å². The van der Waals surface area contributed by atoms with Gasteiger partial charge in [0.05, 0.1) is 10.7 Å². The first-order valence-corrected chi connectivity index (χ1v) is 9.63. The van der Waals surface area contributed by atoms with Gasteiger partial charge in [0, 0.05) is 11.8 Å². The lowest BCUT2D eigenvalue weighted by Gasteiger charge is -2.10. The Morgan fingerprint density at radius 1 is 1.08 bits per heavy atom. The van der Waals surface area contributed by atoms with Crippen LogP contribution in [0.4, 0.5) is 14.5 Å². The zero-order valence-electron chi connectivity index (χ0n) is 14.9. The van der Waals surface area contributed by atoms with E-state index >= 15 is 0 Å². The zero-order chi connectivity index (χ0) is 19.3. The van der Waals surface area contributed by atoms with E-state index in [4.69, 9.17) is 0 Å². The highest BCUT2D eigenvalue weighted by atomic mass is 32.2. The molecule has 2 aromatic rings. The molecule has 0 aromatic heterocycles. The van der Waals surface area contributed by atoms with Crippen molar-refractivity contribution in [2.24, 2.45) is 0 Å². The number of rotatable bonds is 6. The van der Waals surface area contributed by atoms with Gasteiger partial charge in [-0.1, -0.05) is 31.2 Å². The van der Waals surface area contributed by atoms with Gasteiger partial charge in [0.1, 0.15) is 5.83 Å². The molecule has 6 heteroatoms. The van der Waals surface area contributed by atoms with Gasteiger partial charge in [0.15, 0.2) is 0 Å². The largest absolute Gasteiger partial charge is 0.280 e. The molecule has 0 saturated carbocycles. The molecule has 2 rings (SSSR count). The van der Waals surface area contributed by atoms with Crippen LogP contribution < -0.4 is 4.72 Å². The predicted molar refractivity (Wildman–Crippen MR) is 102 cm³/mol. The second-order valence-electron chi connectivity index (χ2n) is 5.89. The number of nitrogens with one attached hydrogen (secondary N) is 1. The average Bonchev–Trinajstić information content (AvgIpc) is 2.60. The van der Waals surface area contributed by atoms with E-state index in [1.165, 1.54) is 31.2 Å². The molecule has 0 spiro atoms. The molecule has 3 nitrogen and oxygen atoms in total. The molecule has 1 N–H and O–H groups in total. The maximum atomic E-state index is 13.9. The fourth-order valence-electron chi connectivity index (χ4n) is 2.37. The van der Waals surface area contributed by atoms with Crippen molar-refractivity contribution in [1.82, 2.24) is 0 Å². The van der Waals surface area contributed by atoms with Gasteiger partial charge in [-0.25, -0.2) is 17.2 Å². The maximum absolute atomic E-state index is 13.9. The summed E-state index contributed by atoms with van der Waals surface area (Å²) >= 11 is 0. The van der Waals surface area contributed by atoms with Crippen LogP contribution in [0.1, 0.15) is 31.9 Å². The first-order valence-electron chi connectivity index (χ1n) is 8.15. The summed E-state index contributed by atoms with van der Waals surface area (Å²) in [5, 5.41) is 0. The van der Waals surface area contributed by atoms with Crippen LogP contribution in [0.25, 0.3) is 5.57 Å². The van der Waals surface area contributed by atoms with Gasteiger partial charge < -0.3 is 0 Å². The Bertz CT molecular complexity index is 942. The topological polar surface area (TPSA) is 46.2 Å². The molecule has 0 aliphatic heterocycles. The minimum absolute atomic E-state index is 0.0635. The normalized spacial score (nSPS) is 13.3. The number of sulfonamides is 1. The number of hydrogen-bond donors (Lipinski definition) is 1. The molecule has 0 radical (unpaired) electrons. The van der Waals surface area contributed by atoms with E-state index in [-0.39, 0.29) is 10.5 Å². The first-order chi connectivity index (χ1) is 12.2. The predicted octanol–water partition coefficient (Wildman–Crippen LogP) is 5.62. The van der Waals surface area contributed by atoms with Crippen molar-refractivity contribution >= 4 is 21.3 Å². The SMILES string of the molecule is CCc1cccc(NS(=O)(=O)c2ccc(C(C)=C(F)C=C(C)F)cc2)c1. The van der Waals surface area contributed by atoms with Crippen LogP contribution >= 0.6 is 0 Å². The molecule has 0 aliphatic carbocycles. The van der Waals surface area contributed by atoms with Crippen LogP contribution in [0.15, 0.2) is 71.2 Å². The zero-order valence-corrected chi connectivity index (χ0v) is 15.7. The highest BCUT2D eigenvalue weighted by Gasteiger charge is 2.15. The summed E-state index contributed by atoms with van der Waals surface area (Å²) in [7, 11) is -3.75. The first kappa shape index (κ1) is 19.8. The molecule has 0 heterocycles. The van der Waals surface area contributed by atoms with Gasteiger partial charge in [-0.2, -0.15) is 0 Å². The summed E-state index contributed by atoms with van der Waals surface area (Å²) in [6, 6.07) is 12.9. The third-order valence-corrected chi connectivity index (χ3v) is 5.27. The Morgan fingerprint density at radius 3 is 2.31 bits per heavy atom. The highest BCUT2D eigenvalue weighted by Crippen LogP contribution is 2.24. The summed E-state index contributed by atoms with van der Waals surface area (Å²) in [5.74, 6) is -1.34. The van der Waals surface area contributed by atoms with E-state index in [1.54, 1.807) is 18.2 Å². The average molecular weight is 377 g/mol. The monoisotopic (exact) mass is 377 g/mol. The molecule has 0 fully saturated rings. The number of halogens is 2. The van der Waals surface area contributed by atoms with E-state index in [0.29, 0.717) is 11.3 Å². The third-order valence-electron chi connectivity index (χ3n) is 3.87. The molecule has 0 amide bonds. The van der Waals surface area contributed by atoms with Crippen molar-refractivity contribution in [3.8, 4) is 0 Å². The summed E-state index contributed by atoms with van der Waals surface area (Å²) in [5.41, 5.74) is 2.22. The van der Waals surface area contributed by atoms with Crippen LogP contribution in [0.2, 0.25) is 0 Å². The van der Waals surface area contributed by atoms with E-state index in [9.17, 15) is 17.2 Å². The van der Waals surface area contributed by atoms with Crippen LogP contribution in [-0.4, -0.2) is 8.42 Å². The fraction of sp³-hybridized carbons (Fsp3) is 0.200. The second-order valence-corrected chi connectivity index (χ2v) is 7.57. The molecule has 138 valence electrons. The third kappa shape index (κ3) is 5.02. The minimum atomic E-state index is -3.75. The second kappa shape index (κ2) is 8.27. The quantitative estimate of drug-likeness (QED) is 0.664. The van der Waals surface area contributed by atoms with Gasteiger partial charge in [0.2, 0.25) is 0 Å². The molecule has 0 atom stereocenters. The molecular weight excluding hydrogens is 356 g/mol. The Hall–Kier alpha value is -2.47. The molecular formula is C20H21F2NO2S. The number of anilines is 1. The maximum Gasteiger partial charge on any atom is 0.261 e. The number of hydrogen-bond acceptors (Lipinski definition) is 2. The Morgan fingerprint density at radius 2 is 1.73 bits per heavy atom. The van der Waals surface area contributed by atoms with Crippen molar-refractivity contribution in [3.05, 3.63) is 77.4 Å². The van der Waals surface area contributed by atoms with Crippen molar-refractivity contribution < 1.29 is 17.2 Å². The van der Waals surface area contributed by atoms with Crippen molar-refractivity contribution in [2.45, 2.75) is 32.1 Å². The van der Waals surface area contributed by atoms with Gasteiger partial charge in [-0.3, -0.25) is 4.72 Å². The molecule has 0 aliphatic rings. The van der Waals surface area contributed by atoms with Gasteiger partial charge in [-0.15, -0.1) is 0 Å². The number of aryl methyl sites for hydroxylation is 1. The fourth-order valence-corrected chi connectivity index (χ4v) is 3.42. The van der Waals surface area contributed by atoms with E-state index in [1.807, 2.05) is 13.0 Å². The van der Waals surface area contributed by atoms with Crippen molar-refractivity contribution in [2.75, 3.05) is 4.72 Å². The summed E-state index contributed by atoms with van der Waals surface area (Å²) in [6.07, 6.45) is 1.59. The lowest BCUT2D eigenvalue weighted by Crippen LogP contribution is -2.13. The number of allylic oxidation sites excluding steroid dienone is 4. The van der Waals surface area contributed by atoms with Crippen LogP contribution in [0.5, 0.6) is 0 Å². The molecule has 0 bridgehead atoms. The van der Waals surface area contributed by atoms with E-state index < -0.39 is 21.7 Å². The minimum Gasteiger partial charge on any atom is -0.280 e. The summed E-state index contributed by atoms with van der Waals surface area (Å²) in [6.45, 7) is 4.65. The van der Waals surface area contributed by atoms with Crippen LogP contribution in [0.3, 0.4) is 0 Å². The summed E-state index contributed by atoms with van der Waals surface area (Å²) in [4.78, 5) is 0.0635. The molecule has 2 aromatic carbocycles. The highest BCUT2D eigenvalue weighted by molar-refractivity contribution is 7.92. The summed E-state index contributed by atoms with van der Waals surface area (Å²) < 4.78 is 54.2. The Kier molecular flexibility index (Phi) is 6.32. The van der Waals surface area contributed by atoms with Crippen molar-refractivity contribution in [1.29, 1.82) is 0 Å². The van der Waals surface area contributed by atoms with Gasteiger partial charge in [0.25, 0.3) is 10.0 Å². The smallest absolute Gasteiger partial charge is 0.261 e. The van der Waals surface area contributed by atoms with Crippen molar-refractivity contribution in [3.63, 3.8) is 0 Å². The van der Waals surface area contributed by atoms with Crippen LogP contribution in [0, 0.1) is 0 Å². The molecule has 26 heavy (non-hydrogen) atoms. The molecule has 0 unspecified atom stereocenters. The standard InChI is InChI=1S/C20H21F2NO2S/c1-4-16-6-5-7-18(13-16)23-26(24,25)19-10-8-17(9-11-19)15(3)20(22)12-14(2)21/h5-13,23H,4H2,1-3H3. The number of benzene rings is 2.